The van der Waals surface area contributed by atoms with Crippen LogP contribution in [0.25, 0.3) is 0 Å². The molecule has 0 N–H and O–H groups in total. The summed E-state index contributed by atoms with van der Waals surface area (Å²) in [6.07, 6.45) is 5.57. The average molecular weight is 242 g/mol. The zero-order valence-electron chi connectivity index (χ0n) is 7.59. The van der Waals surface area contributed by atoms with E-state index in [1.807, 2.05) is 12.3 Å². The summed E-state index contributed by atoms with van der Waals surface area (Å²) < 4.78 is 6.72. The molecule has 1 heterocycles. The van der Waals surface area contributed by atoms with Crippen molar-refractivity contribution >= 4 is 15.9 Å². The Labute approximate surface area is 86.5 Å². The molecule has 1 aromatic rings. The molecule has 0 bridgehead atoms. The summed E-state index contributed by atoms with van der Waals surface area (Å²) in [5, 5.41) is 0. The molecule has 0 radical (unpaired) electrons. The molecule has 1 saturated carbocycles. The summed E-state index contributed by atoms with van der Waals surface area (Å²) in [5.41, 5.74) is 1.05. The normalized spacial score (nSPS) is 15.8. The summed E-state index contributed by atoms with van der Waals surface area (Å²) in [7, 11) is 0. The lowest BCUT2D eigenvalue weighted by Gasteiger charge is -2.08. The van der Waals surface area contributed by atoms with E-state index < -0.39 is 0 Å². The summed E-state index contributed by atoms with van der Waals surface area (Å²) in [4.78, 5) is 4.31. The highest BCUT2D eigenvalue weighted by Gasteiger charge is 2.24. The van der Waals surface area contributed by atoms with Gasteiger partial charge in [-0.2, -0.15) is 0 Å². The lowest BCUT2D eigenvalue weighted by molar-refractivity contribution is 0.298. The highest BCUT2D eigenvalue weighted by atomic mass is 79.9. The SMILES string of the molecule is CCc1ncc(Br)cc1OC1CC1. The fourth-order valence-corrected chi connectivity index (χ4v) is 1.49. The second kappa shape index (κ2) is 3.66. The predicted molar refractivity (Wildman–Crippen MR) is 55.0 cm³/mol. The van der Waals surface area contributed by atoms with E-state index in [0.717, 1.165) is 22.3 Å². The number of hydrogen-bond donors (Lipinski definition) is 0. The standard InChI is InChI=1S/C10H12BrNO/c1-2-9-10(13-8-3-4-8)5-7(11)6-12-9/h5-6,8H,2-4H2,1H3. The Kier molecular flexibility index (Phi) is 2.54. The van der Waals surface area contributed by atoms with Gasteiger partial charge in [-0.15, -0.1) is 0 Å². The molecule has 0 aliphatic heterocycles. The molecular formula is C10H12BrNO. The topological polar surface area (TPSA) is 22.1 Å². The van der Waals surface area contributed by atoms with Crippen LogP contribution in [0.15, 0.2) is 16.7 Å². The number of pyridine rings is 1. The zero-order chi connectivity index (χ0) is 9.26. The number of nitrogens with zero attached hydrogens (tertiary/aromatic N) is 1. The van der Waals surface area contributed by atoms with Crippen LogP contribution in [-0.4, -0.2) is 11.1 Å². The van der Waals surface area contributed by atoms with E-state index in [0.29, 0.717) is 6.10 Å². The molecule has 0 atom stereocenters. The van der Waals surface area contributed by atoms with E-state index in [-0.39, 0.29) is 0 Å². The van der Waals surface area contributed by atoms with E-state index in [4.69, 9.17) is 4.74 Å². The van der Waals surface area contributed by atoms with Gasteiger partial charge in [0.05, 0.1) is 11.8 Å². The lowest BCUT2D eigenvalue weighted by atomic mass is 10.3. The number of hydrogen-bond acceptors (Lipinski definition) is 2. The van der Waals surface area contributed by atoms with E-state index in [2.05, 4.69) is 27.8 Å². The summed E-state index contributed by atoms with van der Waals surface area (Å²) >= 11 is 3.39. The molecule has 2 rings (SSSR count). The van der Waals surface area contributed by atoms with E-state index in [1.54, 1.807) is 0 Å². The summed E-state index contributed by atoms with van der Waals surface area (Å²) in [6, 6.07) is 2.00. The Morgan fingerprint density at radius 1 is 1.62 bits per heavy atom. The Hall–Kier alpha value is -0.570. The Morgan fingerprint density at radius 2 is 2.38 bits per heavy atom. The van der Waals surface area contributed by atoms with Crippen LogP contribution in [0.5, 0.6) is 5.75 Å². The van der Waals surface area contributed by atoms with Crippen molar-refractivity contribution in [1.82, 2.24) is 4.98 Å². The van der Waals surface area contributed by atoms with Crippen molar-refractivity contribution in [1.29, 1.82) is 0 Å². The quantitative estimate of drug-likeness (QED) is 0.812. The van der Waals surface area contributed by atoms with Crippen LogP contribution in [0.3, 0.4) is 0 Å². The molecule has 0 unspecified atom stereocenters. The van der Waals surface area contributed by atoms with Crippen LogP contribution < -0.4 is 4.74 Å². The second-order valence-electron chi connectivity index (χ2n) is 3.27. The minimum absolute atomic E-state index is 0.446. The van der Waals surface area contributed by atoms with Crippen LogP contribution in [0.2, 0.25) is 0 Å². The third-order valence-electron chi connectivity index (χ3n) is 2.05. The lowest BCUT2D eigenvalue weighted by Crippen LogP contribution is -2.00. The Morgan fingerprint density at radius 3 is 3.00 bits per heavy atom. The summed E-state index contributed by atoms with van der Waals surface area (Å²) in [5.74, 6) is 0.944. The molecule has 0 spiro atoms. The number of rotatable bonds is 3. The van der Waals surface area contributed by atoms with Crippen LogP contribution in [0, 0.1) is 0 Å². The van der Waals surface area contributed by atoms with E-state index in [1.165, 1.54) is 12.8 Å². The average Bonchev–Trinajstić information content (AvgIpc) is 2.89. The molecule has 1 fully saturated rings. The zero-order valence-corrected chi connectivity index (χ0v) is 9.17. The number of aryl methyl sites for hydroxylation is 1. The fraction of sp³-hybridized carbons (Fsp3) is 0.500. The first-order valence-corrected chi connectivity index (χ1v) is 5.40. The van der Waals surface area contributed by atoms with Crippen LogP contribution in [0.4, 0.5) is 0 Å². The van der Waals surface area contributed by atoms with Crippen molar-refractivity contribution in [2.45, 2.75) is 32.3 Å². The smallest absolute Gasteiger partial charge is 0.142 e. The molecule has 1 aliphatic carbocycles. The van der Waals surface area contributed by atoms with Crippen molar-refractivity contribution in [2.75, 3.05) is 0 Å². The maximum atomic E-state index is 5.74. The molecule has 3 heteroatoms. The number of ether oxygens (including phenoxy) is 1. The molecule has 0 aromatic carbocycles. The first-order valence-electron chi connectivity index (χ1n) is 4.60. The van der Waals surface area contributed by atoms with Gasteiger partial charge in [-0.05, 0) is 41.3 Å². The first kappa shape index (κ1) is 9.00. The van der Waals surface area contributed by atoms with Crippen LogP contribution >= 0.6 is 15.9 Å². The molecule has 1 aromatic heterocycles. The minimum Gasteiger partial charge on any atom is -0.488 e. The second-order valence-corrected chi connectivity index (χ2v) is 4.18. The van der Waals surface area contributed by atoms with Gasteiger partial charge < -0.3 is 4.74 Å². The van der Waals surface area contributed by atoms with Gasteiger partial charge in [0.1, 0.15) is 5.75 Å². The molecule has 2 nitrogen and oxygen atoms in total. The third-order valence-corrected chi connectivity index (χ3v) is 2.48. The van der Waals surface area contributed by atoms with Crippen LogP contribution in [-0.2, 0) is 6.42 Å². The van der Waals surface area contributed by atoms with Crippen molar-refractivity contribution in [3.05, 3.63) is 22.4 Å². The molecule has 13 heavy (non-hydrogen) atoms. The van der Waals surface area contributed by atoms with Gasteiger partial charge in [-0.3, -0.25) is 4.98 Å². The fourth-order valence-electron chi connectivity index (χ4n) is 1.18. The molecular weight excluding hydrogens is 230 g/mol. The van der Waals surface area contributed by atoms with Crippen molar-refractivity contribution in [2.24, 2.45) is 0 Å². The van der Waals surface area contributed by atoms with Crippen molar-refractivity contribution in [3.63, 3.8) is 0 Å². The van der Waals surface area contributed by atoms with Gasteiger partial charge in [0.15, 0.2) is 0 Å². The Bertz CT molecular complexity index is 310. The van der Waals surface area contributed by atoms with Gasteiger partial charge in [0.2, 0.25) is 0 Å². The van der Waals surface area contributed by atoms with Gasteiger partial charge in [0, 0.05) is 10.7 Å². The Balaban J connectivity index is 2.22. The highest BCUT2D eigenvalue weighted by molar-refractivity contribution is 9.10. The van der Waals surface area contributed by atoms with E-state index >= 15 is 0 Å². The maximum absolute atomic E-state index is 5.74. The van der Waals surface area contributed by atoms with Crippen molar-refractivity contribution < 1.29 is 4.74 Å². The number of aromatic nitrogens is 1. The predicted octanol–water partition coefficient (Wildman–Crippen LogP) is 2.95. The molecule has 0 saturated heterocycles. The van der Waals surface area contributed by atoms with Gasteiger partial charge in [0.25, 0.3) is 0 Å². The molecule has 1 aliphatic rings. The monoisotopic (exact) mass is 241 g/mol. The number of halogens is 1. The summed E-state index contributed by atoms with van der Waals surface area (Å²) in [6.45, 7) is 2.09. The first-order chi connectivity index (χ1) is 6.29. The van der Waals surface area contributed by atoms with Gasteiger partial charge in [-0.25, -0.2) is 0 Å². The highest BCUT2D eigenvalue weighted by Crippen LogP contribution is 2.30. The molecule has 70 valence electrons. The van der Waals surface area contributed by atoms with Crippen molar-refractivity contribution in [3.8, 4) is 5.75 Å². The van der Waals surface area contributed by atoms with Gasteiger partial charge >= 0.3 is 0 Å². The van der Waals surface area contributed by atoms with Crippen LogP contribution in [0.1, 0.15) is 25.5 Å². The third kappa shape index (κ3) is 2.21. The maximum Gasteiger partial charge on any atom is 0.142 e. The minimum atomic E-state index is 0.446. The van der Waals surface area contributed by atoms with E-state index in [9.17, 15) is 0 Å². The largest absolute Gasteiger partial charge is 0.488 e. The van der Waals surface area contributed by atoms with Gasteiger partial charge in [-0.1, -0.05) is 6.92 Å². The molecule has 0 amide bonds.